The van der Waals surface area contributed by atoms with Crippen molar-refractivity contribution in [3.8, 4) is 11.8 Å². The molecule has 3 rings (SSSR count). The summed E-state index contributed by atoms with van der Waals surface area (Å²) in [6, 6.07) is 9.71. The molecule has 0 N–H and O–H groups in total. The summed E-state index contributed by atoms with van der Waals surface area (Å²) >= 11 is 11.9. The topological polar surface area (TPSA) is 70.4 Å². The molecule has 0 bridgehead atoms. The van der Waals surface area contributed by atoms with Gasteiger partial charge in [-0.1, -0.05) is 35.4 Å². The van der Waals surface area contributed by atoms with Gasteiger partial charge in [0.15, 0.2) is 0 Å². The maximum atomic E-state index is 13.7. The van der Waals surface area contributed by atoms with Crippen molar-refractivity contribution < 1.29 is 17.5 Å². The third-order valence-corrected chi connectivity index (χ3v) is 6.22. The van der Waals surface area contributed by atoms with Crippen molar-refractivity contribution in [2.45, 2.75) is 4.90 Å². The first-order valence-corrected chi connectivity index (χ1v) is 10.4. The van der Waals surface area contributed by atoms with Crippen molar-refractivity contribution in [2.75, 3.05) is 6.61 Å². The molecule has 148 valence electrons. The highest BCUT2D eigenvalue weighted by molar-refractivity contribution is 7.89. The second kappa shape index (κ2) is 8.70. The monoisotopic (exact) mass is 450 g/mol. The molecular weight excluding hydrogens is 438 g/mol. The predicted molar refractivity (Wildman–Crippen MR) is 108 cm³/mol. The number of benzene rings is 2. The number of rotatable bonds is 5. The van der Waals surface area contributed by atoms with Crippen LogP contribution >= 0.6 is 23.2 Å². The van der Waals surface area contributed by atoms with E-state index in [4.69, 9.17) is 33.2 Å². The van der Waals surface area contributed by atoms with E-state index in [-0.39, 0.29) is 27.8 Å². The molecule has 9 heteroatoms. The summed E-state index contributed by atoms with van der Waals surface area (Å²) in [6.45, 7) is -0.0239. The predicted octanol–water partition coefficient (Wildman–Crippen LogP) is 5.04. The number of allylic oxidation sites excluding steroid dienone is 2. The zero-order valence-corrected chi connectivity index (χ0v) is 17.0. The molecule has 0 radical (unpaired) electrons. The molecule has 2 aromatic rings. The molecule has 0 saturated heterocycles. The largest absolute Gasteiger partial charge is 0.489 e. The van der Waals surface area contributed by atoms with Gasteiger partial charge in [-0.05, 0) is 36.4 Å². The highest BCUT2D eigenvalue weighted by Gasteiger charge is 2.24. The summed E-state index contributed by atoms with van der Waals surface area (Å²) in [6.07, 6.45) is 7.60. The van der Waals surface area contributed by atoms with Gasteiger partial charge in [0.2, 0.25) is 0 Å². The van der Waals surface area contributed by atoms with Crippen molar-refractivity contribution in [1.29, 1.82) is 5.26 Å². The molecule has 1 heterocycles. The Morgan fingerprint density at radius 3 is 2.62 bits per heavy atom. The Morgan fingerprint density at radius 2 is 1.93 bits per heavy atom. The third-order valence-electron chi connectivity index (χ3n) is 3.86. The number of nitrogens with zero attached hydrogens (tertiary/aromatic N) is 2. The third kappa shape index (κ3) is 4.80. The Labute approximate surface area is 177 Å². The second-order valence-corrected chi connectivity index (χ2v) is 8.51. The molecule has 0 atom stereocenters. The fraction of sp³-hybridized carbons (Fsp3) is 0.0500. The minimum absolute atomic E-state index is 0.00219. The standard InChI is InChI=1S/C20H13Cl2FN2O3S/c21-16-5-7-20(18(22)9-16)29(26,27)25-8-2-1-3-14(12-25)13-28-17-6-4-15(11-24)19(23)10-17/h1-10,12H,13H2. The van der Waals surface area contributed by atoms with Crippen LogP contribution in [0.5, 0.6) is 5.75 Å². The van der Waals surface area contributed by atoms with Crippen molar-refractivity contribution >= 4 is 33.2 Å². The Balaban J connectivity index is 1.83. The highest BCUT2D eigenvalue weighted by Crippen LogP contribution is 2.29. The molecule has 2 aromatic carbocycles. The highest BCUT2D eigenvalue weighted by atomic mass is 35.5. The number of sulfonamides is 1. The summed E-state index contributed by atoms with van der Waals surface area (Å²) in [7, 11) is -3.98. The molecular formula is C20H13Cl2FN2O3S. The SMILES string of the molecule is N#Cc1ccc(OCC2=CN(S(=O)(=O)c3ccc(Cl)cc3Cl)C=CC=C2)cc1F. The van der Waals surface area contributed by atoms with E-state index >= 15 is 0 Å². The van der Waals surface area contributed by atoms with Crippen LogP contribution < -0.4 is 4.74 Å². The van der Waals surface area contributed by atoms with Crippen LogP contribution in [0.4, 0.5) is 4.39 Å². The fourth-order valence-electron chi connectivity index (χ4n) is 2.44. The Hall–Kier alpha value is -2.79. The molecule has 1 aliphatic rings. The first-order valence-electron chi connectivity index (χ1n) is 8.18. The van der Waals surface area contributed by atoms with Crippen LogP contribution in [0.2, 0.25) is 10.0 Å². The summed E-state index contributed by atoms with van der Waals surface area (Å²) in [4.78, 5) is -0.0965. The normalized spacial score (nSPS) is 13.6. The van der Waals surface area contributed by atoms with Crippen molar-refractivity contribution in [2.24, 2.45) is 0 Å². The average Bonchev–Trinajstić information content (AvgIpc) is 2.92. The van der Waals surface area contributed by atoms with E-state index in [0.717, 1.165) is 10.4 Å². The molecule has 0 spiro atoms. The molecule has 0 fully saturated rings. The van der Waals surface area contributed by atoms with E-state index in [1.165, 1.54) is 42.7 Å². The van der Waals surface area contributed by atoms with Crippen LogP contribution in [0, 0.1) is 17.1 Å². The van der Waals surface area contributed by atoms with E-state index in [9.17, 15) is 12.8 Å². The lowest BCUT2D eigenvalue weighted by atomic mass is 10.2. The quantitative estimate of drug-likeness (QED) is 0.639. The van der Waals surface area contributed by atoms with Crippen molar-refractivity contribution in [3.05, 3.63) is 94.0 Å². The number of ether oxygens (including phenoxy) is 1. The molecule has 0 unspecified atom stereocenters. The van der Waals surface area contributed by atoms with Crippen LogP contribution in [0.3, 0.4) is 0 Å². The summed E-state index contributed by atoms with van der Waals surface area (Å²) < 4.78 is 46.2. The van der Waals surface area contributed by atoms with Crippen molar-refractivity contribution in [3.63, 3.8) is 0 Å². The van der Waals surface area contributed by atoms with Gasteiger partial charge in [-0.25, -0.2) is 17.1 Å². The van der Waals surface area contributed by atoms with E-state index < -0.39 is 15.8 Å². The van der Waals surface area contributed by atoms with Gasteiger partial charge < -0.3 is 4.74 Å². The minimum Gasteiger partial charge on any atom is -0.489 e. The van der Waals surface area contributed by atoms with Crippen LogP contribution in [0.1, 0.15) is 5.56 Å². The van der Waals surface area contributed by atoms with E-state index in [2.05, 4.69) is 0 Å². The van der Waals surface area contributed by atoms with Gasteiger partial charge in [-0.15, -0.1) is 0 Å². The first kappa shape index (κ1) is 20.9. The van der Waals surface area contributed by atoms with Gasteiger partial charge in [0.1, 0.15) is 29.1 Å². The van der Waals surface area contributed by atoms with Crippen LogP contribution in [-0.2, 0) is 10.0 Å². The smallest absolute Gasteiger partial charge is 0.269 e. The molecule has 1 aliphatic heterocycles. The second-order valence-electron chi connectivity index (χ2n) is 5.86. The molecule has 5 nitrogen and oxygen atoms in total. The van der Waals surface area contributed by atoms with Gasteiger partial charge in [0.25, 0.3) is 10.0 Å². The van der Waals surface area contributed by atoms with E-state index in [1.54, 1.807) is 24.3 Å². The number of hydrogen-bond acceptors (Lipinski definition) is 4. The number of nitriles is 1. The summed E-state index contributed by atoms with van der Waals surface area (Å²) in [5.41, 5.74) is 0.417. The summed E-state index contributed by atoms with van der Waals surface area (Å²) in [5.74, 6) is -0.484. The zero-order chi connectivity index (χ0) is 21.0. The van der Waals surface area contributed by atoms with E-state index in [1.807, 2.05) is 0 Å². The van der Waals surface area contributed by atoms with Crippen molar-refractivity contribution in [1.82, 2.24) is 4.31 Å². The maximum Gasteiger partial charge on any atom is 0.269 e. The van der Waals surface area contributed by atoms with Gasteiger partial charge in [-0.3, -0.25) is 0 Å². The van der Waals surface area contributed by atoms with Crippen LogP contribution in [0.25, 0.3) is 0 Å². The fourth-order valence-corrected chi connectivity index (χ4v) is 4.42. The van der Waals surface area contributed by atoms with Gasteiger partial charge in [-0.2, -0.15) is 5.26 Å². The molecule has 0 aliphatic carbocycles. The van der Waals surface area contributed by atoms with Gasteiger partial charge in [0.05, 0.1) is 10.6 Å². The van der Waals surface area contributed by atoms with Crippen LogP contribution in [-0.4, -0.2) is 19.3 Å². The Bertz CT molecular complexity index is 1180. The minimum atomic E-state index is -3.98. The molecule has 0 saturated carbocycles. The Morgan fingerprint density at radius 1 is 1.14 bits per heavy atom. The Kier molecular flexibility index (Phi) is 6.28. The summed E-state index contributed by atoms with van der Waals surface area (Å²) in [5, 5.41) is 9.10. The zero-order valence-electron chi connectivity index (χ0n) is 14.7. The number of halogens is 3. The lowest BCUT2D eigenvalue weighted by Crippen LogP contribution is -2.22. The molecule has 0 aromatic heterocycles. The molecule has 0 amide bonds. The lowest BCUT2D eigenvalue weighted by molar-refractivity contribution is 0.352. The van der Waals surface area contributed by atoms with Crippen LogP contribution in [0.15, 0.2) is 77.5 Å². The first-order chi connectivity index (χ1) is 13.8. The average molecular weight is 451 g/mol. The lowest BCUT2D eigenvalue weighted by Gasteiger charge is -2.18. The van der Waals surface area contributed by atoms with E-state index in [0.29, 0.717) is 10.6 Å². The molecule has 29 heavy (non-hydrogen) atoms. The van der Waals surface area contributed by atoms with Gasteiger partial charge >= 0.3 is 0 Å². The number of hydrogen-bond donors (Lipinski definition) is 0. The maximum absolute atomic E-state index is 13.7. The van der Waals surface area contributed by atoms with Gasteiger partial charge in [0, 0.05) is 29.1 Å².